The molecule has 6 nitrogen and oxygen atoms in total. The van der Waals surface area contributed by atoms with Crippen LogP contribution >= 0.6 is 11.3 Å². The van der Waals surface area contributed by atoms with Gasteiger partial charge in [-0.1, -0.05) is 6.07 Å². The Bertz CT molecular complexity index is 941. The maximum Gasteiger partial charge on any atom is 0.231 e. The average Bonchev–Trinajstić information content (AvgIpc) is 3.36. The Morgan fingerprint density at radius 1 is 1.04 bits per heavy atom. The fourth-order valence-corrected chi connectivity index (χ4v) is 3.80. The van der Waals surface area contributed by atoms with E-state index in [1.54, 1.807) is 25.6 Å². The first kappa shape index (κ1) is 17.6. The summed E-state index contributed by atoms with van der Waals surface area (Å²) >= 11 is 1.65. The molecule has 0 spiro atoms. The lowest BCUT2D eigenvalue weighted by Gasteiger charge is -2.08. The number of benzene rings is 2. The third-order valence-corrected chi connectivity index (χ3v) is 5.30. The van der Waals surface area contributed by atoms with Gasteiger partial charge in [-0.3, -0.25) is 0 Å². The number of hydrogen-bond donors (Lipinski definition) is 1. The van der Waals surface area contributed by atoms with Gasteiger partial charge in [0.05, 0.1) is 19.1 Å². The van der Waals surface area contributed by atoms with E-state index in [4.69, 9.17) is 18.9 Å². The molecule has 1 aliphatic heterocycles. The molecule has 0 fully saturated rings. The highest BCUT2D eigenvalue weighted by Gasteiger charge is 2.14. The first-order chi connectivity index (χ1) is 13.3. The number of hydrogen-bond acceptors (Lipinski definition) is 7. The van der Waals surface area contributed by atoms with E-state index in [1.165, 1.54) is 0 Å². The van der Waals surface area contributed by atoms with E-state index < -0.39 is 0 Å². The van der Waals surface area contributed by atoms with Crippen molar-refractivity contribution in [2.75, 3.05) is 21.0 Å². The van der Waals surface area contributed by atoms with Crippen molar-refractivity contribution >= 4 is 11.3 Å². The summed E-state index contributed by atoms with van der Waals surface area (Å²) in [7, 11) is 3.30. The van der Waals surface area contributed by atoms with Crippen LogP contribution in [0.3, 0.4) is 0 Å². The molecule has 1 N–H and O–H groups in total. The maximum absolute atomic E-state index is 5.49. The number of methoxy groups -OCH3 is 2. The van der Waals surface area contributed by atoms with Crippen LogP contribution in [-0.2, 0) is 13.1 Å². The highest BCUT2D eigenvalue weighted by molar-refractivity contribution is 7.15. The van der Waals surface area contributed by atoms with Gasteiger partial charge in [0.15, 0.2) is 11.5 Å². The zero-order valence-corrected chi connectivity index (χ0v) is 16.0. The Hall–Kier alpha value is -2.77. The van der Waals surface area contributed by atoms with Gasteiger partial charge in [0.2, 0.25) is 6.79 Å². The molecule has 7 heteroatoms. The Kier molecular flexibility index (Phi) is 5.13. The predicted octanol–water partition coefficient (Wildman–Crippen LogP) is 3.85. The minimum Gasteiger partial charge on any atom is -0.497 e. The molecule has 0 aliphatic carbocycles. The molecule has 3 aromatic rings. The number of aromatic nitrogens is 1. The van der Waals surface area contributed by atoms with Crippen molar-refractivity contribution in [1.29, 1.82) is 0 Å². The van der Waals surface area contributed by atoms with Gasteiger partial charge < -0.3 is 24.3 Å². The molecule has 0 amide bonds. The average molecular weight is 384 g/mol. The van der Waals surface area contributed by atoms with Crippen molar-refractivity contribution in [3.05, 3.63) is 53.2 Å². The van der Waals surface area contributed by atoms with Crippen LogP contribution in [-0.4, -0.2) is 26.0 Å². The van der Waals surface area contributed by atoms with Gasteiger partial charge in [0.25, 0.3) is 0 Å². The number of nitrogens with one attached hydrogen (secondary N) is 1. The van der Waals surface area contributed by atoms with Gasteiger partial charge in [-0.25, -0.2) is 4.98 Å². The molecule has 4 rings (SSSR count). The van der Waals surface area contributed by atoms with Crippen LogP contribution in [0.25, 0.3) is 10.4 Å². The van der Waals surface area contributed by atoms with Gasteiger partial charge in [-0.2, -0.15) is 0 Å². The Morgan fingerprint density at radius 2 is 1.93 bits per heavy atom. The van der Waals surface area contributed by atoms with Crippen LogP contribution in [0.2, 0.25) is 0 Å². The van der Waals surface area contributed by atoms with Gasteiger partial charge in [0, 0.05) is 30.9 Å². The summed E-state index contributed by atoms with van der Waals surface area (Å²) in [5.74, 6) is 3.15. The molecule has 140 valence electrons. The van der Waals surface area contributed by atoms with Crippen LogP contribution in [0.15, 0.2) is 42.6 Å². The molecule has 0 unspecified atom stereocenters. The minimum atomic E-state index is 0.295. The van der Waals surface area contributed by atoms with Gasteiger partial charge >= 0.3 is 0 Å². The van der Waals surface area contributed by atoms with E-state index >= 15 is 0 Å². The first-order valence-corrected chi connectivity index (χ1v) is 9.35. The Balaban J connectivity index is 1.40. The summed E-state index contributed by atoms with van der Waals surface area (Å²) in [6, 6.07) is 11.8. The molecule has 0 bridgehead atoms. The SMILES string of the molecule is COc1ccc(-c2cnc(CNCc3ccc4c(c3)OCO4)s2)c(OC)c1. The van der Waals surface area contributed by atoms with E-state index in [9.17, 15) is 0 Å². The molecular formula is C20H20N2O4S. The van der Waals surface area contributed by atoms with Crippen LogP contribution in [0.4, 0.5) is 0 Å². The van der Waals surface area contributed by atoms with Crippen molar-refractivity contribution in [2.24, 2.45) is 0 Å². The molecule has 2 aromatic carbocycles. The van der Waals surface area contributed by atoms with Crippen molar-refractivity contribution in [2.45, 2.75) is 13.1 Å². The third kappa shape index (κ3) is 3.84. The molecule has 27 heavy (non-hydrogen) atoms. The van der Waals surface area contributed by atoms with Crippen molar-refractivity contribution in [1.82, 2.24) is 10.3 Å². The molecule has 1 aliphatic rings. The van der Waals surface area contributed by atoms with E-state index in [1.807, 2.05) is 42.6 Å². The second kappa shape index (κ2) is 7.85. The summed E-state index contributed by atoms with van der Waals surface area (Å²) in [4.78, 5) is 5.59. The monoisotopic (exact) mass is 384 g/mol. The molecule has 0 atom stereocenters. The molecule has 1 aromatic heterocycles. The Labute approximate surface area is 161 Å². The van der Waals surface area contributed by atoms with Gasteiger partial charge in [-0.15, -0.1) is 11.3 Å². The smallest absolute Gasteiger partial charge is 0.231 e. The third-order valence-electron chi connectivity index (χ3n) is 4.27. The summed E-state index contributed by atoms with van der Waals surface area (Å²) in [6.45, 7) is 1.72. The molecule has 0 saturated heterocycles. The van der Waals surface area contributed by atoms with Crippen molar-refractivity contribution in [3.63, 3.8) is 0 Å². The second-order valence-electron chi connectivity index (χ2n) is 5.98. The highest BCUT2D eigenvalue weighted by atomic mass is 32.1. The quantitative estimate of drug-likeness (QED) is 0.668. The lowest BCUT2D eigenvalue weighted by atomic mass is 10.1. The van der Waals surface area contributed by atoms with E-state index in [2.05, 4.69) is 10.3 Å². The zero-order valence-electron chi connectivity index (χ0n) is 15.2. The molecule has 0 radical (unpaired) electrons. The van der Waals surface area contributed by atoms with E-state index in [0.29, 0.717) is 13.3 Å². The van der Waals surface area contributed by atoms with E-state index in [0.717, 1.165) is 50.6 Å². The summed E-state index contributed by atoms with van der Waals surface area (Å²) in [6.07, 6.45) is 1.88. The molecule has 0 saturated carbocycles. The molecular weight excluding hydrogens is 364 g/mol. The standard InChI is InChI=1S/C20H20N2O4S/c1-23-14-4-5-15(17(8-14)24-2)19-10-22-20(27-19)11-21-9-13-3-6-16-18(7-13)26-12-25-16/h3-8,10,21H,9,11-12H2,1-2H3. The van der Waals surface area contributed by atoms with Gasteiger partial charge in [0.1, 0.15) is 16.5 Å². The van der Waals surface area contributed by atoms with Crippen molar-refractivity contribution in [3.8, 4) is 33.4 Å². The molecule has 2 heterocycles. The lowest BCUT2D eigenvalue weighted by Crippen LogP contribution is -2.12. The second-order valence-corrected chi connectivity index (χ2v) is 7.09. The zero-order chi connectivity index (χ0) is 18.6. The highest BCUT2D eigenvalue weighted by Crippen LogP contribution is 2.36. The fourth-order valence-electron chi connectivity index (χ4n) is 2.88. The number of thiazole rings is 1. The van der Waals surface area contributed by atoms with Crippen LogP contribution < -0.4 is 24.3 Å². The number of rotatable bonds is 7. The van der Waals surface area contributed by atoms with Crippen molar-refractivity contribution < 1.29 is 18.9 Å². The summed E-state index contributed by atoms with van der Waals surface area (Å²) in [5, 5.41) is 4.44. The van der Waals surface area contributed by atoms with Crippen LogP contribution in [0.5, 0.6) is 23.0 Å². The largest absolute Gasteiger partial charge is 0.497 e. The normalized spacial score (nSPS) is 12.2. The summed E-state index contributed by atoms with van der Waals surface area (Å²) in [5.41, 5.74) is 2.16. The number of fused-ring (bicyclic) bond motifs is 1. The Morgan fingerprint density at radius 3 is 2.78 bits per heavy atom. The van der Waals surface area contributed by atoms with Crippen LogP contribution in [0, 0.1) is 0 Å². The van der Waals surface area contributed by atoms with E-state index in [-0.39, 0.29) is 0 Å². The summed E-state index contributed by atoms with van der Waals surface area (Å²) < 4.78 is 21.5. The lowest BCUT2D eigenvalue weighted by molar-refractivity contribution is 0.174. The fraction of sp³-hybridized carbons (Fsp3) is 0.250. The van der Waals surface area contributed by atoms with Gasteiger partial charge in [-0.05, 0) is 29.8 Å². The minimum absolute atomic E-state index is 0.295. The maximum atomic E-state index is 5.49. The first-order valence-electron chi connectivity index (χ1n) is 8.53. The predicted molar refractivity (Wildman–Crippen MR) is 104 cm³/mol. The number of nitrogens with zero attached hydrogens (tertiary/aromatic N) is 1. The van der Waals surface area contributed by atoms with Crippen LogP contribution in [0.1, 0.15) is 10.6 Å². The topological polar surface area (TPSA) is 61.8 Å². The number of ether oxygens (including phenoxy) is 4.